The van der Waals surface area contributed by atoms with Crippen LogP contribution in [0.25, 0.3) is 21.9 Å². The lowest BCUT2D eigenvalue weighted by Crippen LogP contribution is -2.16. The Balaban J connectivity index is 1.94. The zero-order valence-electron chi connectivity index (χ0n) is 13.4. The molecule has 24 heavy (non-hydrogen) atoms. The minimum atomic E-state index is -0.386. The highest BCUT2D eigenvalue weighted by atomic mass is 16.5. The molecule has 122 valence electrons. The van der Waals surface area contributed by atoms with E-state index in [9.17, 15) is 9.90 Å². The molecule has 0 amide bonds. The van der Waals surface area contributed by atoms with Gasteiger partial charge in [-0.25, -0.2) is 0 Å². The number of phenolic OH excluding ortho intramolecular Hbond substituents is 1. The maximum atomic E-state index is 11.3. The van der Waals surface area contributed by atoms with E-state index in [0.29, 0.717) is 0 Å². The third-order valence-corrected chi connectivity index (χ3v) is 4.17. The van der Waals surface area contributed by atoms with E-state index in [1.54, 1.807) is 6.07 Å². The second kappa shape index (κ2) is 6.72. The number of rotatable bonds is 4. The zero-order valence-corrected chi connectivity index (χ0v) is 13.4. The highest BCUT2D eigenvalue weighted by molar-refractivity contribution is 5.99. The molecular formula is C20H19NO3. The molecule has 0 saturated heterocycles. The van der Waals surface area contributed by atoms with Crippen molar-refractivity contribution in [2.45, 2.75) is 12.5 Å². The van der Waals surface area contributed by atoms with Gasteiger partial charge in [0.15, 0.2) is 0 Å². The van der Waals surface area contributed by atoms with Gasteiger partial charge in [0.1, 0.15) is 5.75 Å². The second-order valence-corrected chi connectivity index (χ2v) is 5.69. The van der Waals surface area contributed by atoms with Crippen molar-refractivity contribution in [1.29, 1.82) is 0 Å². The fourth-order valence-electron chi connectivity index (χ4n) is 2.83. The predicted molar refractivity (Wildman–Crippen MR) is 94.6 cm³/mol. The van der Waals surface area contributed by atoms with Crippen molar-refractivity contribution < 1.29 is 14.6 Å². The van der Waals surface area contributed by atoms with Gasteiger partial charge < -0.3 is 15.6 Å². The highest BCUT2D eigenvalue weighted by Crippen LogP contribution is 2.34. The number of nitrogens with two attached hydrogens (primary N) is 1. The van der Waals surface area contributed by atoms with Crippen LogP contribution >= 0.6 is 0 Å². The van der Waals surface area contributed by atoms with E-state index in [0.717, 1.165) is 27.5 Å². The van der Waals surface area contributed by atoms with Crippen molar-refractivity contribution >= 4 is 16.7 Å². The van der Waals surface area contributed by atoms with Gasteiger partial charge in [0, 0.05) is 11.4 Å². The molecule has 1 unspecified atom stereocenters. The first-order valence-electron chi connectivity index (χ1n) is 7.73. The third-order valence-electron chi connectivity index (χ3n) is 4.17. The Morgan fingerprint density at radius 3 is 2.38 bits per heavy atom. The Morgan fingerprint density at radius 1 is 1.04 bits per heavy atom. The Hall–Kier alpha value is -2.85. The van der Waals surface area contributed by atoms with Crippen LogP contribution in [0.2, 0.25) is 0 Å². The number of carbonyl (C=O) groups is 1. The van der Waals surface area contributed by atoms with Gasteiger partial charge in [-0.3, -0.25) is 4.79 Å². The molecule has 4 heteroatoms. The average molecular weight is 321 g/mol. The van der Waals surface area contributed by atoms with Crippen LogP contribution in [-0.2, 0) is 9.53 Å². The van der Waals surface area contributed by atoms with Crippen LogP contribution in [-0.4, -0.2) is 18.2 Å². The van der Waals surface area contributed by atoms with Crippen LogP contribution in [0.3, 0.4) is 0 Å². The summed E-state index contributed by atoms with van der Waals surface area (Å²) < 4.78 is 4.65. The molecule has 0 aliphatic rings. The van der Waals surface area contributed by atoms with Crippen LogP contribution in [0.5, 0.6) is 5.75 Å². The summed E-state index contributed by atoms with van der Waals surface area (Å²) in [6, 6.07) is 18.8. The van der Waals surface area contributed by atoms with Crippen LogP contribution in [0, 0.1) is 0 Å². The fraction of sp³-hybridized carbons (Fsp3) is 0.150. The van der Waals surface area contributed by atoms with Crippen LogP contribution in [0.15, 0.2) is 60.7 Å². The van der Waals surface area contributed by atoms with Crippen LogP contribution < -0.4 is 5.73 Å². The van der Waals surface area contributed by atoms with E-state index in [1.165, 1.54) is 7.11 Å². The highest BCUT2D eigenvalue weighted by Gasteiger charge is 2.12. The van der Waals surface area contributed by atoms with E-state index in [2.05, 4.69) is 4.74 Å². The number of hydrogen-bond donors (Lipinski definition) is 2. The van der Waals surface area contributed by atoms with E-state index in [4.69, 9.17) is 5.73 Å². The number of esters is 1. The maximum absolute atomic E-state index is 11.3. The predicted octanol–water partition coefficient (Wildman–Crippen LogP) is 3.78. The monoisotopic (exact) mass is 321 g/mol. The molecule has 0 aliphatic heterocycles. The summed E-state index contributed by atoms with van der Waals surface area (Å²) >= 11 is 0. The zero-order chi connectivity index (χ0) is 17.1. The number of carbonyl (C=O) groups excluding carboxylic acids is 1. The van der Waals surface area contributed by atoms with Crippen molar-refractivity contribution in [2.75, 3.05) is 7.11 Å². The molecule has 0 bridgehead atoms. The summed E-state index contributed by atoms with van der Waals surface area (Å²) in [6.07, 6.45) is 0.151. The number of phenols is 1. The minimum absolute atomic E-state index is 0.151. The molecule has 0 saturated carbocycles. The topological polar surface area (TPSA) is 72.5 Å². The lowest BCUT2D eigenvalue weighted by molar-refractivity contribution is -0.141. The van der Waals surface area contributed by atoms with Gasteiger partial charge >= 0.3 is 5.97 Å². The number of fused-ring (bicyclic) bond motifs is 1. The molecule has 0 fully saturated rings. The Labute approximate surface area is 140 Å². The molecule has 0 radical (unpaired) electrons. The molecule has 0 spiro atoms. The molecule has 4 nitrogen and oxygen atoms in total. The smallest absolute Gasteiger partial charge is 0.307 e. The summed E-state index contributed by atoms with van der Waals surface area (Å²) in [4.78, 5) is 11.3. The minimum Gasteiger partial charge on any atom is -0.507 e. The SMILES string of the molecule is COC(=O)CC(N)c1ccc(-c2ccc(O)c3ccccc23)cc1. The molecular weight excluding hydrogens is 302 g/mol. The molecule has 3 aromatic carbocycles. The van der Waals surface area contributed by atoms with Gasteiger partial charge in [0.25, 0.3) is 0 Å². The van der Waals surface area contributed by atoms with Crippen molar-refractivity contribution in [3.8, 4) is 16.9 Å². The van der Waals surface area contributed by atoms with Crippen molar-refractivity contribution in [2.24, 2.45) is 5.73 Å². The molecule has 3 N–H and O–H groups in total. The Morgan fingerprint density at radius 2 is 1.71 bits per heavy atom. The van der Waals surface area contributed by atoms with Gasteiger partial charge in [-0.1, -0.05) is 54.6 Å². The van der Waals surface area contributed by atoms with E-state index in [1.807, 2.05) is 54.6 Å². The summed E-state index contributed by atoms with van der Waals surface area (Å²) in [5.74, 6) is -0.0535. The quantitative estimate of drug-likeness (QED) is 0.717. The summed E-state index contributed by atoms with van der Waals surface area (Å²) in [6.45, 7) is 0. The van der Waals surface area contributed by atoms with Crippen LogP contribution in [0.1, 0.15) is 18.0 Å². The van der Waals surface area contributed by atoms with Gasteiger partial charge in [-0.2, -0.15) is 0 Å². The van der Waals surface area contributed by atoms with Crippen molar-refractivity contribution in [1.82, 2.24) is 0 Å². The van der Waals surface area contributed by atoms with E-state index >= 15 is 0 Å². The van der Waals surface area contributed by atoms with Gasteiger partial charge in [-0.05, 0) is 28.1 Å². The largest absolute Gasteiger partial charge is 0.507 e. The summed E-state index contributed by atoms with van der Waals surface area (Å²) in [7, 11) is 1.36. The van der Waals surface area contributed by atoms with Gasteiger partial charge in [0.05, 0.1) is 13.5 Å². The normalized spacial score (nSPS) is 12.1. The summed E-state index contributed by atoms with van der Waals surface area (Å²) in [5, 5.41) is 11.8. The molecule has 3 aromatic rings. The molecule has 1 atom stereocenters. The van der Waals surface area contributed by atoms with Gasteiger partial charge in [-0.15, -0.1) is 0 Å². The summed E-state index contributed by atoms with van der Waals surface area (Å²) in [5.41, 5.74) is 8.98. The average Bonchev–Trinajstić information content (AvgIpc) is 2.62. The fourth-order valence-corrected chi connectivity index (χ4v) is 2.83. The molecule has 0 heterocycles. The third kappa shape index (κ3) is 3.09. The number of methoxy groups -OCH3 is 1. The molecule has 0 aromatic heterocycles. The van der Waals surface area contributed by atoms with E-state index < -0.39 is 0 Å². The van der Waals surface area contributed by atoms with Crippen molar-refractivity contribution in [3.05, 3.63) is 66.2 Å². The number of ether oxygens (including phenoxy) is 1. The van der Waals surface area contributed by atoms with Crippen LogP contribution in [0.4, 0.5) is 0 Å². The lowest BCUT2D eigenvalue weighted by atomic mass is 9.95. The number of benzene rings is 3. The number of aromatic hydroxyl groups is 1. The Bertz CT molecular complexity index is 872. The standard InChI is InChI=1S/C20H19NO3/c1-24-20(23)12-18(21)14-8-6-13(7-9-14)15-10-11-19(22)17-5-3-2-4-16(15)17/h2-11,18,22H,12,21H2,1H3. The maximum Gasteiger partial charge on any atom is 0.307 e. The molecule has 3 rings (SSSR count). The Kier molecular flexibility index (Phi) is 4.49. The molecule has 0 aliphatic carbocycles. The first-order chi connectivity index (χ1) is 11.6. The lowest BCUT2D eigenvalue weighted by Gasteiger charge is -2.13. The first kappa shape index (κ1) is 16.0. The van der Waals surface area contributed by atoms with E-state index in [-0.39, 0.29) is 24.2 Å². The number of hydrogen-bond acceptors (Lipinski definition) is 4. The second-order valence-electron chi connectivity index (χ2n) is 5.69. The first-order valence-corrected chi connectivity index (χ1v) is 7.73. The van der Waals surface area contributed by atoms with Crippen molar-refractivity contribution in [3.63, 3.8) is 0 Å². The van der Waals surface area contributed by atoms with Gasteiger partial charge in [0.2, 0.25) is 0 Å².